The molecule has 0 aromatic carbocycles. The highest BCUT2D eigenvalue weighted by atomic mass is 32.2. The summed E-state index contributed by atoms with van der Waals surface area (Å²) >= 11 is 0. The maximum atomic E-state index is 13.6. The standard InChI is InChI=1S/C16H32BN5O6S.C16H31BN4O7S.C15H29BN4O7S.C14H28BN5O7S.C13H28BN5O7S/c18-16(15(23)24)11-21(10-12(16)2-1-5-17(25)26)29(27,28)22(14-8-20-9-14)13-3-6-19-7-4-13;18-16(15(22)23)11-20(10-12(16)2-1-5-17(24)25)29(26,27)21(14-8-19-9-14)13-3-6-28-7-4-13;17-15(14(21)22)10-19(8-11(15)2-1-4-16(23)24)28(25,26)20(13-6-18-7-13)12-3-5-27-9-12;1-9(16)12(21)18-14(13(22)23)8-20(7-10(14)3-2-4-15(24)25)28(26,27)19-11-5-17-6-11;1-9(16)11(20)18-13(12(21)22)8-19(27(25,26)17-6-5-15)7-10(13)3-2-4-14(23)24/h12-14,19-20,25-26H,1-11,18H2,(H,23,24);12-14,19,24-25H,1-11,18H2,(H,22,23);11-13,18,23-24H,1-10,17H2,(H,21,22);9-11,17,19,24-25H,2-8,16H2,1H3,(H,18,21)(H,22,23);9-10,17,23-24H,2-8,15-16H2,1H3,(H,18,20)(H,21,22)/t2*12-,16-;11-,12?,15-;9-,10-,14-;9-,10-,13-/m00000/s1. The molecule has 808 valence electrons. The summed E-state index contributed by atoms with van der Waals surface area (Å²) in [6.07, 6.45) is 6.27. The van der Waals surface area contributed by atoms with Crippen molar-refractivity contribution in [2.24, 2.45) is 64.0 Å². The van der Waals surface area contributed by atoms with Crippen LogP contribution in [0, 0.1) is 29.6 Å². The van der Waals surface area contributed by atoms with Gasteiger partial charge in [-0.2, -0.15) is 81.3 Å². The Balaban J connectivity index is 0.000000216. The lowest BCUT2D eigenvalue weighted by Crippen LogP contribution is -2.65. The molecule has 36 N–H and O–H groups in total. The van der Waals surface area contributed by atoms with E-state index in [0.717, 1.165) is 21.7 Å². The molecule has 2 amide bonds. The Kier molecular flexibility index (Phi) is 45.5. The second-order valence-electron chi connectivity index (χ2n) is 38.6. The number of carbonyl (C=O) groups excluding carboxylic acids is 2. The molecule has 57 nitrogen and oxygen atoms in total. The summed E-state index contributed by atoms with van der Waals surface area (Å²) in [7, 11) is -27.2. The van der Waals surface area contributed by atoms with E-state index >= 15 is 0 Å². The Morgan fingerprint density at radius 2 is 0.681 bits per heavy atom. The van der Waals surface area contributed by atoms with Crippen molar-refractivity contribution in [2.75, 3.05) is 170 Å². The summed E-state index contributed by atoms with van der Waals surface area (Å²) in [6.45, 7) is 8.46. The molecule has 0 aliphatic carbocycles. The molecule has 12 heterocycles. The molecule has 67 heteroatoms. The van der Waals surface area contributed by atoms with Crippen molar-refractivity contribution in [2.45, 2.75) is 224 Å². The minimum atomic E-state index is -4.00. The predicted octanol–water partition coefficient (Wildman–Crippen LogP) is -15.3. The van der Waals surface area contributed by atoms with Gasteiger partial charge in [0.15, 0.2) is 11.1 Å². The number of carbonyl (C=O) groups is 7. The number of aliphatic carboxylic acids is 5. The van der Waals surface area contributed by atoms with Gasteiger partial charge in [0.05, 0.1) is 42.9 Å². The zero-order chi connectivity index (χ0) is 105. The highest BCUT2D eigenvalue weighted by Gasteiger charge is 2.62. The number of rotatable bonds is 48. The van der Waals surface area contributed by atoms with E-state index in [1.165, 1.54) is 35.4 Å². The summed E-state index contributed by atoms with van der Waals surface area (Å²) < 4.78 is 157. The minimum Gasteiger partial charge on any atom is -0.480 e. The summed E-state index contributed by atoms with van der Waals surface area (Å²) in [5.41, 5.74) is 26.0. The lowest BCUT2D eigenvalue weighted by atomic mass is 9.78. The average Bonchev–Trinajstić information content (AvgIpc) is 1.09. The molecular weight excluding hydrogens is 1970 g/mol. The molecule has 12 rings (SSSR count). The van der Waals surface area contributed by atoms with Crippen molar-refractivity contribution < 1.29 is 161 Å². The molecule has 141 heavy (non-hydrogen) atoms. The second-order valence-corrected chi connectivity index (χ2v) is 47.6. The number of nitrogens with one attached hydrogen (secondary N) is 9. The number of hydrogen-bond acceptors (Lipinski definition) is 40. The van der Waals surface area contributed by atoms with Crippen LogP contribution in [0.4, 0.5) is 0 Å². The fraction of sp³-hybridized carbons (Fsp3) is 0.905. The molecule has 13 atom stereocenters. The molecule has 0 aromatic rings. The van der Waals surface area contributed by atoms with Gasteiger partial charge in [0, 0.05) is 198 Å². The van der Waals surface area contributed by atoms with Crippen LogP contribution in [0.3, 0.4) is 0 Å². The molecule has 12 aliphatic rings. The van der Waals surface area contributed by atoms with Crippen LogP contribution in [-0.2, 0) is 94.1 Å². The van der Waals surface area contributed by atoms with Gasteiger partial charge in [0.2, 0.25) is 11.8 Å². The van der Waals surface area contributed by atoms with Gasteiger partial charge in [-0.15, -0.1) is 0 Å². The number of ether oxygens (including phenoxy) is 2. The topological polar surface area (TPSA) is 902 Å². The monoisotopic (exact) mass is 2120 g/mol. The van der Waals surface area contributed by atoms with Crippen molar-refractivity contribution >= 4 is 128 Å². The fourth-order valence-electron chi connectivity index (χ4n) is 19.5. The van der Waals surface area contributed by atoms with Crippen molar-refractivity contribution in [3.63, 3.8) is 0 Å². The summed E-state index contributed by atoms with van der Waals surface area (Å²) in [6, 6.07) is -3.27. The van der Waals surface area contributed by atoms with E-state index in [1.54, 1.807) is 4.31 Å². The Hall–Kier alpha value is -4.96. The van der Waals surface area contributed by atoms with Gasteiger partial charge in [0.25, 0.3) is 51.0 Å². The maximum Gasteiger partial charge on any atom is 0.451 e. The third kappa shape index (κ3) is 31.1. The van der Waals surface area contributed by atoms with Crippen molar-refractivity contribution in [1.29, 1.82) is 0 Å². The van der Waals surface area contributed by atoms with Crippen molar-refractivity contribution in [3.05, 3.63) is 0 Å². The van der Waals surface area contributed by atoms with Gasteiger partial charge in [-0.25, -0.2) is 14.3 Å². The maximum absolute atomic E-state index is 13.6. The lowest BCUT2D eigenvalue weighted by molar-refractivity contribution is -0.149. The number of carboxylic acids is 5. The van der Waals surface area contributed by atoms with E-state index in [4.69, 9.17) is 94.1 Å². The number of amides is 2. The average molecular weight is 2120 g/mol. The SMILES string of the molecule is C[C@H](N)C(=O)N[C@@]1(C(=O)O)CN(S(=O)(=O)NC2CNC2)C[C@@H]1CCCB(O)O.C[C@H](N)C(=O)N[C@@]1(C(=O)O)CN(S(=O)(=O)NCCN)C[C@@H]1CCCB(O)O.N[C@@]1(C(=O)O)CN(S(=O)(=O)N(C2CCNCC2)C2CNC2)C[C@@H]1CCCB(O)O.N[C@@]1(C(=O)O)CN(S(=O)(=O)N(C2CCOCC2)C2CNC2)C[C@@H]1CCCB(O)O.N[C@@]1(C(=O)O)CN(S(=O)(=O)N(C2CNC2)C2CCOC2)C[C@@H]1CCCB(O)O. The molecule has 12 saturated heterocycles. The lowest BCUT2D eigenvalue weighted by Gasteiger charge is -2.44. The summed E-state index contributed by atoms with van der Waals surface area (Å²) in [5, 5.41) is 159. The van der Waals surface area contributed by atoms with E-state index in [1.807, 2.05) is 0 Å². The van der Waals surface area contributed by atoms with Gasteiger partial charge in [-0.1, -0.05) is 32.1 Å². The Morgan fingerprint density at radius 1 is 0.390 bits per heavy atom. The number of hydrogen-bond donors (Lipinski definition) is 30. The predicted molar refractivity (Wildman–Crippen MR) is 510 cm³/mol. The first-order valence-corrected chi connectivity index (χ1v) is 54.8. The van der Waals surface area contributed by atoms with E-state index in [2.05, 4.69) is 46.7 Å². The number of nitrogens with zero attached hydrogens (tertiary/aromatic N) is 8. The van der Waals surface area contributed by atoms with Crippen LogP contribution in [0.2, 0.25) is 31.6 Å². The van der Waals surface area contributed by atoms with Crippen LogP contribution < -0.4 is 81.1 Å². The molecule has 12 fully saturated rings. The minimum absolute atomic E-state index is 0.00309. The highest BCUT2D eigenvalue weighted by Crippen LogP contribution is 2.42. The molecule has 0 aromatic heterocycles. The third-order valence-electron chi connectivity index (χ3n) is 28.2. The largest absolute Gasteiger partial charge is 0.480 e. The van der Waals surface area contributed by atoms with Gasteiger partial charge in [-0.3, -0.25) is 24.0 Å². The van der Waals surface area contributed by atoms with Gasteiger partial charge in [0.1, 0.15) is 16.6 Å². The molecule has 0 bridgehead atoms. The zero-order valence-corrected chi connectivity index (χ0v) is 83.6. The Labute approximate surface area is 824 Å². The van der Waals surface area contributed by atoms with Crippen LogP contribution in [0.5, 0.6) is 0 Å². The first-order valence-electron chi connectivity index (χ1n) is 47.7. The quantitative estimate of drug-likeness (QED) is 0.0252. The number of carboxylic acid groups (broad SMARTS) is 5. The van der Waals surface area contributed by atoms with Crippen molar-refractivity contribution in [3.8, 4) is 0 Å². The van der Waals surface area contributed by atoms with E-state index < -0.39 is 211 Å². The van der Waals surface area contributed by atoms with Crippen LogP contribution in [0.15, 0.2) is 0 Å². The molecule has 0 saturated carbocycles. The molecule has 0 radical (unpaired) electrons. The summed E-state index contributed by atoms with van der Waals surface area (Å²) in [4.78, 5) is 84.1. The zero-order valence-electron chi connectivity index (χ0n) is 79.5. The Morgan fingerprint density at radius 3 is 0.950 bits per heavy atom. The van der Waals surface area contributed by atoms with Gasteiger partial charge >= 0.3 is 65.4 Å². The van der Waals surface area contributed by atoms with Crippen LogP contribution >= 0.6 is 0 Å². The van der Waals surface area contributed by atoms with Crippen molar-refractivity contribution in [1.82, 2.24) is 81.1 Å². The molecule has 0 spiro atoms. The van der Waals surface area contributed by atoms with E-state index in [-0.39, 0.29) is 165 Å². The summed E-state index contributed by atoms with van der Waals surface area (Å²) in [5.74, 6) is -11.3. The van der Waals surface area contributed by atoms with Gasteiger partial charge in [-0.05, 0) is 123 Å². The van der Waals surface area contributed by atoms with Gasteiger partial charge < -0.3 is 157 Å². The first kappa shape index (κ1) is 121. The third-order valence-corrected chi connectivity index (χ3v) is 37.5. The molecule has 12 aliphatic heterocycles. The number of piperidine rings is 1. The first-order chi connectivity index (χ1) is 65.9. The van der Waals surface area contributed by atoms with E-state index in [0.29, 0.717) is 149 Å². The van der Waals surface area contributed by atoms with Crippen LogP contribution in [-0.4, -0.2) is 482 Å². The second kappa shape index (κ2) is 53.0. The number of nitrogens with two attached hydrogens (primary N) is 6. The fourth-order valence-corrected chi connectivity index (χ4v) is 28.6. The molecule has 1 unspecified atom stereocenters. The van der Waals surface area contributed by atoms with Crippen LogP contribution in [0.25, 0.3) is 0 Å². The molecular formula is C74H148B5N23O34S5. The smallest absolute Gasteiger partial charge is 0.451 e. The normalized spacial score (nSPS) is 28.7. The Bertz CT molecular complexity index is 4570. The van der Waals surface area contributed by atoms with E-state index in [9.17, 15) is 101 Å². The van der Waals surface area contributed by atoms with Crippen LogP contribution in [0.1, 0.15) is 110 Å². The highest BCUT2D eigenvalue weighted by molar-refractivity contribution is 7.88.